The minimum Gasteiger partial charge on any atom is -0.384 e. The van der Waals surface area contributed by atoms with Gasteiger partial charge >= 0.3 is 0 Å². The molecule has 7 heteroatoms. The Morgan fingerprint density at radius 2 is 2.18 bits per heavy atom. The van der Waals surface area contributed by atoms with Gasteiger partial charge in [0.05, 0.1) is 5.75 Å². The monoisotopic (exact) mass is 336 g/mol. The minimum atomic E-state index is -2.92. The summed E-state index contributed by atoms with van der Waals surface area (Å²) in [5.74, 6) is 0.675. The van der Waals surface area contributed by atoms with E-state index in [2.05, 4.69) is 15.9 Å². The molecule has 1 aromatic carbocycles. The van der Waals surface area contributed by atoms with Gasteiger partial charge in [0.1, 0.15) is 15.7 Å². The third-order valence-corrected chi connectivity index (χ3v) is 5.15. The first kappa shape index (κ1) is 14.5. The summed E-state index contributed by atoms with van der Waals surface area (Å²) in [6.45, 7) is 0. The predicted molar refractivity (Wildman–Crippen MR) is 75.6 cm³/mol. The maximum absolute atomic E-state index is 11.0. The molecule has 0 amide bonds. The Morgan fingerprint density at radius 1 is 1.53 bits per heavy atom. The highest BCUT2D eigenvalue weighted by atomic mass is 79.9. The quantitative estimate of drug-likeness (QED) is 0.488. The number of nitrogens with two attached hydrogens (primary N) is 1. The van der Waals surface area contributed by atoms with E-state index >= 15 is 0 Å². The summed E-state index contributed by atoms with van der Waals surface area (Å²) >= 11 is 4.83. The zero-order chi connectivity index (χ0) is 13.1. The van der Waals surface area contributed by atoms with Crippen LogP contribution in [0.5, 0.6) is 0 Å². The van der Waals surface area contributed by atoms with Gasteiger partial charge < -0.3 is 5.73 Å². The molecule has 0 spiro atoms. The standard InChI is InChI=1S/C10H13BrN2O2S2/c1-17(14,15)5-4-16-9-3-2-7(10(12)13)6-8(9)11/h2-3,6H,4-5H2,1H3,(H3,12,13). The lowest BCUT2D eigenvalue weighted by Gasteiger charge is -2.06. The first-order valence-electron chi connectivity index (χ1n) is 4.74. The summed E-state index contributed by atoms with van der Waals surface area (Å²) < 4.78 is 22.8. The van der Waals surface area contributed by atoms with Crippen LogP contribution >= 0.6 is 27.7 Å². The van der Waals surface area contributed by atoms with Gasteiger partial charge in [-0.2, -0.15) is 0 Å². The fourth-order valence-corrected chi connectivity index (χ4v) is 3.94. The van der Waals surface area contributed by atoms with Crippen molar-refractivity contribution in [1.29, 1.82) is 5.41 Å². The number of nitrogens with one attached hydrogen (secondary N) is 1. The second kappa shape index (κ2) is 5.88. The Bertz CT molecular complexity index is 529. The fraction of sp³-hybridized carbons (Fsp3) is 0.300. The summed E-state index contributed by atoms with van der Waals surface area (Å²) in [5.41, 5.74) is 6.01. The zero-order valence-corrected chi connectivity index (χ0v) is 12.5. The molecule has 1 aromatic rings. The average molecular weight is 337 g/mol. The number of rotatable bonds is 5. The lowest BCUT2D eigenvalue weighted by atomic mass is 10.2. The summed E-state index contributed by atoms with van der Waals surface area (Å²) in [4.78, 5) is 0.943. The van der Waals surface area contributed by atoms with Crippen molar-refractivity contribution in [3.8, 4) is 0 Å². The molecule has 0 atom stereocenters. The van der Waals surface area contributed by atoms with Gasteiger partial charge in [-0.3, -0.25) is 5.41 Å². The largest absolute Gasteiger partial charge is 0.384 e. The first-order valence-corrected chi connectivity index (χ1v) is 8.58. The lowest BCUT2D eigenvalue weighted by Crippen LogP contribution is -2.10. The van der Waals surface area contributed by atoms with Crippen molar-refractivity contribution in [3.63, 3.8) is 0 Å². The topological polar surface area (TPSA) is 84.0 Å². The van der Waals surface area contributed by atoms with Crippen LogP contribution in [0.15, 0.2) is 27.6 Å². The van der Waals surface area contributed by atoms with E-state index in [0.29, 0.717) is 11.3 Å². The lowest BCUT2D eigenvalue weighted by molar-refractivity contribution is 0.603. The van der Waals surface area contributed by atoms with Gasteiger partial charge in [0.2, 0.25) is 0 Å². The molecule has 0 bridgehead atoms. The van der Waals surface area contributed by atoms with Crippen LogP contribution in [-0.4, -0.2) is 32.0 Å². The molecule has 0 aliphatic rings. The van der Waals surface area contributed by atoms with E-state index in [1.807, 2.05) is 6.07 Å². The Balaban J connectivity index is 2.70. The van der Waals surface area contributed by atoms with Crippen molar-refractivity contribution in [3.05, 3.63) is 28.2 Å². The second-order valence-corrected chi connectivity index (χ2v) is 7.79. The van der Waals surface area contributed by atoms with Crippen molar-refractivity contribution < 1.29 is 8.42 Å². The Kier molecular flexibility index (Phi) is 5.03. The second-order valence-electron chi connectivity index (χ2n) is 3.54. The summed E-state index contributed by atoms with van der Waals surface area (Å²) in [7, 11) is -2.92. The zero-order valence-electron chi connectivity index (χ0n) is 9.23. The van der Waals surface area contributed by atoms with Crippen LogP contribution in [0.3, 0.4) is 0 Å². The van der Waals surface area contributed by atoms with Crippen LogP contribution in [0.25, 0.3) is 0 Å². The molecular formula is C10H13BrN2O2S2. The number of benzene rings is 1. The molecule has 17 heavy (non-hydrogen) atoms. The molecule has 0 heterocycles. The van der Waals surface area contributed by atoms with E-state index in [-0.39, 0.29) is 11.6 Å². The Hall–Kier alpha value is -0.530. The molecular weight excluding hydrogens is 324 g/mol. The molecule has 3 N–H and O–H groups in total. The molecule has 0 saturated heterocycles. The van der Waals surface area contributed by atoms with Crippen molar-refractivity contribution >= 4 is 43.4 Å². The van der Waals surface area contributed by atoms with E-state index < -0.39 is 9.84 Å². The van der Waals surface area contributed by atoms with E-state index in [1.165, 1.54) is 18.0 Å². The molecule has 94 valence electrons. The highest BCUT2D eigenvalue weighted by molar-refractivity contribution is 9.10. The van der Waals surface area contributed by atoms with Crippen LogP contribution < -0.4 is 5.73 Å². The molecule has 0 aliphatic carbocycles. The van der Waals surface area contributed by atoms with Crippen molar-refractivity contribution in [2.45, 2.75) is 4.90 Å². The normalized spacial score (nSPS) is 11.4. The van der Waals surface area contributed by atoms with Gasteiger partial charge in [-0.1, -0.05) is 6.07 Å². The predicted octanol–water partition coefficient (Wildman–Crippen LogP) is 1.87. The maximum atomic E-state index is 11.0. The van der Waals surface area contributed by atoms with Gasteiger partial charge in [0.25, 0.3) is 0 Å². The van der Waals surface area contributed by atoms with Crippen LogP contribution in [-0.2, 0) is 9.84 Å². The van der Waals surface area contributed by atoms with Gasteiger partial charge in [-0.15, -0.1) is 11.8 Å². The number of hydrogen-bond donors (Lipinski definition) is 2. The van der Waals surface area contributed by atoms with Gasteiger partial charge in [0.15, 0.2) is 0 Å². The fourth-order valence-electron chi connectivity index (χ4n) is 1.09. The molecule has 4 nitrogen and oxygen atoms in total. The number of halogens is 1. The summed E-state index contributed by atoms with van der Waals surface area (Å²) in [6.07, 6.45) is 1.22. The molecule has 0 fully saturated rings. The van der Waals surface area contributed by atoms with Crippen molar-refractivity contribution in [2.75, 3.05) is 17.8 Å². The minimum absolute atomic E-state index is 0.0124. The van der Waals surface area contributed by atoms with Gasteiger partial charge in [-0.05, 0) is 28.1 Å². The Labute approximate surface area is 114 Å². The smallest absolute Gasteiger partial charge is 0.148 e. The number of nitrogen functional groups attached to an aromatic ring is 1. The molecule has 0 aliphatic heterocycles. The average Bonchev–Trinajstić information content (AvgIpc) is 2.18. The highest BCUT2D eigenvalue weighted by Crippen LogP contribution is 2.28. The number of sulfone groups is 1. The molecule has 0 radical (unpaired) electrons. The van der Waals surface area contributed by atoms with Crippen LogP contribution in [0, 0.1) is 5.41 Å². The number of hydrogen-bond acceptors (Lipinski definition) is 4. The number of amidine groups is 1. The Morgan fingerprint density at radius 3 is 2.65 bits per heavy atom. The van der Waals surface area contributed by atoms with E-state index in [9.17, 15) is 8.42 Å². The molecule has 0 aromatic heterocycles. The van der Waals surface area contributed by atoms with Crippen LogP contribution in [0.2, 0.25) is 0 Å². The van der Waals surface area contributed by atoms with Crippen molar-refractivity contribution in [1.82, 2.24) is 0 Å². The first-order chi connectivity index (χ1) is 7.79. The van der Waals surface area contributed by atoms with E-state index in [4.69, 9.17) is 11.1 Å². The van der Waals surface area contributed by atoms with Crippen LogP contribution in [0.1, 0.15) is 5.56 Å². The van der Waals surface area contributed by atoms with E-state index in [1.54, 1.807) is 12.1 Å². The third kappa shape index (κ3) is 5.10. The number of thioether (sulfide) groups is 1. The van der Waals surface area contributed by atoms with Gasteiger partial charge in [0, 0.05) is 26.9 Å². The highest BCUT2D eigenvalue weighted by Gasteiger charge is 2.06. The van der Waals surface area contributed by atoms with Crippen molar-refractivity contribution in [2.24, 2.45) is 5.73 Å². The van der Waals surface area contributed by atoms with Gasteiger partial charge in [-0.25, -0.2) is 8.42 Å². The third-order valence-electron chi connectivity index (χ3n) is 1.95. The molecule has 0 saturated carbocycles. The summed E-state index contributed by atoms with van der Waals surface area (Å²) in [6, 6.07) is 5.33. The maximum Gasteiger partial charge on any atom is 0.148 e. The van der Waals surface area contributed by atoms with Crippen LogP contribution in [0.4, 0.5) is 0 Å². The molecule has 0 unspecified atom stereocenters. The summed E-state index contributed by atoms with van der Waals surface area (Å²) in [5, 5.41) is 7.29. The SMILES string of the molecule is CS(=O)(=O)CCSc1ccc(C(=N)N)cc1Br. The van der Waals surface area contributed by atoms with E-state index in [0.717, 1.165) is 9.37 Å². The molecule has 1 rings (SSSR count).